The normalized spacial score (nSPS) is 27.9. The first-order chi connectivity index (χ1) is 7.60. The third-order valence-electron chi connectivity index (χ3n) is 3.11. The molecule has 1 aliphatic heterocycles. The molecule has 0 unspecified atom stereocenters. The van der Waals surface area contributed by atoms with Crippen molar-refractivity contribution >= 4 is 17.5 Å². The highest BCUT2D eigenvalue weighted by Gasteiger charge is 2.31. The molecular formula is C11H19ClFNO2. The number of carbonyl (C=O) groups excluding carboxylic acids is 1. The van der Waals surface area contributed by atoms with Crippen LogP contribution in [0.2, 0.25) is 0 Å². The first-order valence-electron chi connectivity index (χ1n) is 5.77. The summed E-state index contributed by atoms with van der Waals surface area (Å²) in [6.45, 7) is 2.34. The largest absolute Gasteiger partial charge is 0.393 e. The van der Waals surface area contributed by atoms with E-state index in [0.717, 1.165) is 0 Å². The first-order valence-corrected chi connectivity index (χ1v) is 6.20. The highest BCUT2D eigenvalue weighted by molar-refractivity contribution is 6.30. The van der Waals surface area contributed by atoms with Gasteiger partial charge in [-0.25, -0.2) is 0 Å². The molecule has 0 radical (unpaired) electrons. The van der Waals surface area contributed by atoms with Gasteiger partial charge in [-0.2, -0.15) is 0 Å². The molecule has 1 N–H and O–H groups in total. The maximum atomic E-state index is 12.3. The Morgan fingerprint density at radius 1 is 1.69 bits per heavy atom. The van der Waals surface area contributed by atoms with Crippen LogP contribution in [0.3, 0.4) is 0 Å². The fraction of sp³-hybridized carbons (Fsp3) is 0.909. The van der Waals surface area contributed by atoms with Crippen LogP contribution >= 0.6 is 11.6 Å². The number of carbonyl (C=O) groups is 1. The molecule has 0 bridgehead atoms. The number of aliphatic hydroxyl groups is 1. The first kappa shape index (κ1) is 13.7. The standard InChI is InChI=1S/C11H19ClFNO2/c1-2-9(12)11(16)14-6-4-10(15)8(7-14)3-5-13/h8-10,15H,2-7H2,1H3/t8-,9+,10-/m1/s1. The number of aliphatic hydroxyl groups excluding tert-OH is 1. The minimum Gasteiger partial charge on any atom is -0.393 e. The van der Waals surface area contributed by atoms with E-state index >= 15 is 0 Å². The number of likely N-dealkylation sites (tertiary alicyclic amines) is 1. The third-order valence-corrected chi connectivity index (χ3v) is 3.61. The Kier molecular flexibility index (Phi) is 5.49. The third kappa shape index (κ3) is 3.32. The average molecular weight is 252 g/mol. The SMILES string of the molecule is CC[C@H](Cl)C(=O)N1CC[C@@H](O)[C@H](CCF)C1. The van der Waals surface area contributed by atoms with Gasteiger partial charge >= 0.3 is 0 Å². The van der Waals surface area contributed by atoms with Crippen molar-refractivity contribution in [3.63, 3.8) is 0 Å². The number of rotatable bonds is 4. The molecule has 1 saturated heterocycles. The lowest BCUT2D eigenvalue weighted by Crippen LogP contribution is -2.48. The van der Waals surface area contributed by atoms with E-state index in [2.05, 4.69) is 0 Å². The summed E-state index contributed by atoms with van der Waals surface area (Å²) in [5.41, 5.74) is 0. The van der Waals surface area contributed by atoms with Crippen LogP contribution in [-0.4, -0.2) is 47.2 Å². The summed E-state index contributed by atoms with van der Waals surface area (Å²) >= 11 is 5.88. The van der Waals surface area contributed by atoms with Crippen molar-refractivity contribution < 1.29 is 14.3 Å². The van der Waals surface area contributed by atoms with E-state index in [-0.39, 0.29) is 11.8 Å². The zero-order chi connectivity index (χ0) is 12.1. The van der Waals surface area contributed by atoms with Gasteiger partial charge in [0.1, 0.15) is 5.38 Å². The Bertz CT molecular complexity index is 240. The topological polar surface area (TPSA) is 40.5 Å². The molecule has 1 heterocycles. The molecule has 16 heavy (non-hydrogen) atoms. The molecule has 0 spiro atoms. The van der Waals surface area contributed by atoms with Crippen molar-refractivity contribution in [2.24, 2.45) is 5.92 Å². The van der Waals surface area contributed by atoms with Gasteiger partial charge in [0.25, 0.3) is 0 Å². The average Bonchev–Trinajstić information content (AvgIpc) is 2.30. The summed E-state index contributed by atoms with van der Waals surface area (Å²) in [5, 5.41) is 9.16. The number of nitrogens with zero attached hydrogens (tertiary/aromatic N) is 1. The molecule has 1 fully saturated rings. The van der Waals surface area contributed by atoms with Gasteiger partial charge in [-0.05, 0) is 19.3 Å². The minimum absolute atomic E-state index is 0.0973. The van der Waals surface area contributed by atoms with Crippen molar-refractivity contribution in [3.8, 4) is 0 Å². The van der Waals surface area contributed by atoms with E-state index < -0.39 is 18.2 Å². The van der Waals surface area contributed by atoms with Crippen LogP contribution in [0, 0.1) is 5.92 Å². The van der Waals surface area contributed by atoms with Gasteiger partial charge in [-0.15, -0.1) is 11.6 Å². The molecule has 1 amide bonds. The molecule has 5 heteroatoms. The zero-order valence-electron chi connectivity index (χ0n) is 9.53. The van der Waals surface area contributed by atoms with Crippen LogP contribution in [0.15, 0.2) is 0 Å². The fourth-order valence-electron chi connectivity index (χ4n) is 2.02. The van der Waals surface area contributed by atoms with Crippen molar-refractivity contribution in [2.45, 2.75) is 37.7 Å². The van der Waals surface area contributed by atoms with Crippen molar-refractivity contribution in [1.29, 1.82) is 0 Å². The van der Waals surface area contributed by atoms with Gasteiger partial charge in [-0.1, -0.05) is 6.92 Å². The summed E-state index contributed by atoms with van der Waals surface area (Å²) in [5.74, 6) is -0.247. The summed E-state index contributed by atoms with van der Waals surface area (Å²) in [6, 6.07) is 0. The predicted molar refractivity (Wildman–Crippen MR) is 61.2 cm³/mol. The molecule has 0 aromatic heterocycles. The Morgan fingerprint density at radius 2 is 2.38 bits per heavy atom. The monoisotopic (exact) mass is 251 g/mol. The smallest absolute Gasteiger partial charge is 0.240 e. The lowest BCUT2D eigenvalue weighted by Gasteiger charge is -2.36. The highest BCUT2D eigenvalue weighted by atomic mass is 35.5. The zero-order valence-corrected chi connectivity index (χ0v) is 10.3. The Hall–Kier alpha value is -0.350. The van der Waals surface area contributed by atoms with Crippen molar-refractivity contribution in [1.82, 2.24) is 4.90 Å². The van der Waals surface area contributed by atoms with E-state index in [1.165, 1.54) is 0 Å². The molecule has 1 aliphatic rings. The molecule has 1 rings (SSSR count). The van der Waals surface area contributed by atoms with Gasteiger partial charge in [0.05, 0.1) is 12.8 Å². The highest BCUT2D eigenvalue weighted by Crippen LogP contribution is 2.22. The van der Waals surface area contributed by atoms with E-state index in [1.54, 1.807) is 4.90 Å². The van der Waals surface area contributed by atoms with Crippen molar-refractivity contribution in [3.05, 3.63) is 0 Å². The number of alkyl halides is 2. The van der Waals surface area contributed by atoms with Crippen LogP contribution in [0.25, 0.3) is 0 Å². The number of amides is 1. The summed E-state index contributed by atoms with van der Waals surface area (Å²) < 4.78 is 12.3. The number of piperidine rings is 1. The van der Waals surface area contributed by atoms with Crippen LogP contribution in [0.5, 0.6) is 0 Å². The summed E-state index contributed by atoms with van der Waals surface area (Å²) in [4.78, 5) is 13.5. The quantitative estimate of drug-likeness (QED) is 0.771. The molecule has 3 nitrogen and oxygen atoms in total. The Morgan fingerprint density at radius 3 is 2.94 bits per heavy atom. The summed E-state index contributed by atoms with van der Waals surface area (Å²) in [6.07, 6.45) is 0.927. The van der Waals surface area contributed by atoms with E-state index in [0.29, 0.717) is 32.4 Å². The van der Waals surface area contributed by atoms with E-state index in [9.17, 15) is 14.3 Å². The predicted octanol–water partition coefficient (Wildman–Crippen LogP) is 1.57. The molecule has 3 atom stereocenters. The maximum Gasteiger partial charge on any atom is 0.240 e. The van der Waals surface area contributed by atoms with Crippen LogP contribution in [0.1, 0.15) is 26.2 Å². The molecule has 0 aliphatic carbocycles. The van der Waals surface area contributed by atoms with E-state index in [4.69, 9.17) is 11.6 Å². The van der Waals surface area contributed by atoms with Crippen molar-refractivity contribution in [2.75, 3.05) is 19.8 Å². The second kappa shape index (κ2) is 6.40. The lowest BCUT2D eigenvalue weighted by molar-refractivity contribution is -0.134. The lowest BCUT2D eigenvalue weighted by atomic mass is 9.92. The minimum atomic E-state index is -0.499. The summed E-state index contributed by atoms with van der Waals surface area (Å²) in [7, 11) is 0. The van der Waals surface area contributed by atoms with Gasteiger partial charge < -0.3 is 10.0 Å². The Balaban J connectivity index is 2.54. The van der Waals surface area contributed by atoms with Gasteiger partial charge in [0.2, 0.25) is 5.91 Å². The number of hydrogen-bond acceptors (Lipinski definition) is 2. The molecule has 0 aromatic carbocycles. The molecule has 0 aromatic rings. The fourth-order valence-corrected chi connectivity index (χ4v) is 2.15. The number of hydrogen-bond donors (Lipinski definition) is 1. The number of halogens is 2. The van der Waals surface area contributed by atoms with Crippen LogP contribution in [-0.2, 0) is 4.79 Å². The van der Waals surface area contributed by atoms with Gasteiger partial charge in [-0.3, -0.25) is 9.18 Å². The molecule has 94 valence electrons. The van der Waals surface area contributed by atoms with Crippen LogP contribution in [0.4, 0.5) is 4.39 Å². The molecule has 0 saturated carbocycles. The van der Waals surface area contributed by atoms with Gasteiger partial charge in [0.15, 0.2) is 0 Å². The van der Waals surface area contributed by atoms with E-state index in [1.807, 2.05) is 6.92 Å². The maximum absolute atomic E-state index is 12.3. The second-order valence-corrected chi connectivity index (χ2v) is 4.78. The van der Waals surface area contributed by atoms with Gasteiger partial charge in [0, 0.05) is 19.0 Å². The second-order valence-electron chi connectivity index (χ2n) is 4.25. The molecular weight excluding hydrogens is 233 g/mol. The Labute approximate surface area is 101 Å². The van der Waals surface area contributed by atoms with Crippen LogP contribution < -0.4 is 0 Å².